The number of nitrogens with zero attached hydrogens (tertiary/aromatic N) is 1. The summed E-state index contributed by atoms with van der Waals surface area (Å²) in [6.07, 6.45) is 4.30. The topological polar surface area (TPSA) is 63.4 Å². The van der Waals surface area contributed by atoms with Crippen molar-refractivity contribution in [2.45, 2.75) is 32.1 Å². The van der Waals surface area contributed by atoms with Gasteiger partial charge in [0.1, 0.15) is 0 Å². The Morgan fingerprint density at radius 2 is 2.00 bits per heavy atom. The zero-order valence-electron chi connectivity index (χ0n) is 13.0. The summed E-state index contributed by atoms with van der Waals surface area (Å²) in [5.74, 6) is 0.721. The molecule has 1 aromatic rings. The predicted molar refractivity (Wildman–Crippen MR) is 86.7 cm³/mol. The quantitative estimate of drug-likeness (QED) is 0.906. The smallest absolute Gasteiger partial charge is 0.211 e. The van der Waals surface area contributed by atoms with Gasteiger partial charge in [-0.15, -0.1) is 0 Å². The third kappa shape index (κ3) is 4.53. The molecule has 0 saturated carbocycles. The van der Waals surface area contributed by atoms with Crippen LogP contribution < -0.4 is 5.73 Å². The third-order valence-electron chi connectivity index (χ3n) is 4.40. The summed E-state index contributed by atoms with van der Waals surface area (Å²) in [5, 5.41) is 0. The highest BCUT2D eigenvalue weighted by Crippen LogP contribution is 2.29. The van der Waals surface area contributed by atoms with Crippen molar-refractivity contribution >= 4 is 10.0 Å². The Kier molecular flexibility index (Phi) is 5.41. The number of piperidine rings is 1. The van der Waals surface area contributed by atoms with Crippen molar-refractivity contribution in [1.82, 2.24) is 4.31 Å². The second-order valence-corrected chi connectivity index (χ2v) is 8.19. The van der Waals surface area contributed by atoms with Gasteiger partial charge in [-0.1, -0.05) is 29.8 Å². The Hall–Kier alpha value is -0.910. The first-order valence-electron chi connectivity index (χ1n) is 7.62. The van der Waals surface area contributed by atoms with Crippen LogP contribution in [0.15, 0.2) is 24.3 Å². The first kappa shape index (κ1) is 16.5. The van der Waals surface area contributed by atoms with Gasteiger partial charge in [-0.05, 0) is 50.1 Å². The average molecular weight is 310 g/mol. The maximum Gasteiger partial charge on any atom is 0.211 e. The van der Waals surface area contributed by atoms with E-state index in [1.165, 1.54) is 17.4 Å². The number of sulfonamides is 1. The van der Waals surface area contributed by atoms with Gasteiger partial charge in [0.25, 0.3) is 0 Å². The van der Waals surface area contributed by atoms with Crippen molar-refractivity contribution in [3.05, 3.63) is 35.4 Å². The highest BCUT2D eigenvalue weighted by atomic mass is 32.2. The molecule has 4 nitrogen and oxygen atoms in total. The molecule has 1 aliphatic heterocycles. The second-order valence-electron chi connectivity index (χ2n) is 6.21. The molecule has 0 amide bonds. The monoisotopic (exact) mass is 310 g/mol. The maximum absolute atomic E-state index is 11.7. The molecule has 1 aliphatic rings. The molecule has 2 rings (SSSR count). The number of benzene rings is 1. The molecule has 0 aromatic heterocycles. The van der Waals surface area contributed by atoms with Crippen molar-refractivity contribution in [2.24, 2.45) is 11.7 Å². The van der Waals surface area contributed by atoms with Crippen LogP contribution in [0.2, 0.25) is 0 Å². The highest BCUT2D eigenvalue weighted by molar-refractivity contribution is 7.88. The number of hydrogen-bond acceptors (Lipinski definition) is 3. The first-order chi connectivity index (χ1) is 9.90. The molecule has 5 heteroatoms. The summed E-state index contributed by atoms with van der Waals surface area (Å²) in [6.45, 7) is 3.99. The van der Waals surface area contributed by atoms with Crippen LogP contribution in [0.4, 0.5) is 0 Å². The lowest BCUT2D eigenvalue weighted by Gasteiger charge is -2.33. The van der Waals surface area contributed by atoms with Gasteiger partial charge in [0.15, 0.2) is 0 Å². The Labute approximate surface area is 128 Å². The van der Waals surface area contributed by atoms with E-state index < -0.39 is 10.0 Å². The predicted octanol–water partition coefficient (Wildman–Crippen LogP) is 2.10. The molecule has 0 radical (unpaired) electrons. The summed E-state index contributed by atoms with van der Waals surface area (Å²) in [7, 11) is -3.07. The lowest BCUT2D eigenvalue weighted by molar-refractivity contribution is 0.247. The summed E-state index contributed by atoms with van der Waals surface area (Å²) in [6, 6.07) is 8.51. The molecule has 21 heavy (non-hydrogen) atoms. The van der Waals surface area contributed by atoms with Gasteiger partial charge >= 0.3 is 0 Å². The van der Waals surface area contributed by atoms with Crippen LogP contribution in [0, 0.1) is 12.8 Å². The van der Waals surface area contributed by atoms with Crippen molar-refractivity contribution in [3.63, 3.8) is 0 Å². The summed E-state index contributed by atoms with van der Waals surface area (Å²) in [5.41, 5.74) is 8.46. The zero-order valence-corrected chi connectivity index (χ0v) is 13.8. The van der Waals surface area contributed by atoms with Crippen LogP contribution in [0.1, 0.15) is 36.3 Å². The van der Waals surface area contributed by atoms with E-state index in [-0.39, 0.29) is 0 Å². The highest BCUT2D eigenvalue weighted by Gasteiger charge is 2.27. The minimum Gasteiger partial charge on any atom is -0.330 e. The van der Waals surface area contributed by atoms with Crippen LogP contribution in [-0.4, -0.2) is 38.6 Å². The Morgan fingerprint density at radius 1 is 1.33 bits per heavy atom. The van der Waals surface area contributed by atoms with Crippen LogP contribution in [0.3, 0.4) is 0 Å². The normalized spacial score (nSPS) is 22.1. The van der Waals surface area contributed by atoms with E-state index in [1.54, 1.807) is 4.31 Å². The molecule has 1 aromatic carbocycles. The van der Waals surface area contributed by atoms with Gasteiger partial charge < -0.3 is 5.73 Å². The van der Waals surface area contributed by atoms with Crippen molar-refractivity contribution < 1.29 is 8.42 Å². The van der Waals surface area contributed by atoms with Crippen LogP contribution >= 0.6 is 0 Å². The molecule has 0 spiro atoms. The van der Waals surface area contributed by atoms with Gasteiger partial charge in [-0.2, -0.15) is 0 Å². The second kappa shape index (κ2) is 6.90. The number of hydrogen-bond donors (Lipinski definition) is 1. The molecule has 2 atom stereocenters. The van der Waals surface area contributed by atoms with Crippen LogP contribution in [-0.2, 0) is 10.0 Å². The SMILES string of the molecule is Cc1ccc(C(CN)CC2CCCN(S(C)(=O)=O)C2)cc1. The largest absolute Gasteiger partial charge is 0.330 e. The van der Waals surface area contributed by atoms with E-state index >= 15 is 0 Å². The van der Waals surface area contributed by atoms with Crippen LogP contribution in [0.5, 0.6) is 0 Å². The summed E-state index contributed by atoms with van der Waals surface area (Å²) in [4.78, 5) is 0. The molecule has 118 valence electrons. The van der Waals surface area contributed by atoms with Gasteiger partial charge in [-0.3, -0.25) is 0 Å². The maximum atomic E-state index is 11.7. The fourth-order valence-electron chi connectivity index (χ4n) is 3.13. The fourth-order valence-corrected chi connectivity index (χ4v) is 4.07. The summed E-state index contributed by atoms with van der Waals surface area (Å²) >= 11 is 0. The number of aryl methyl sites for hydroxylation is 1. The zero-order chi connectivity index (χ0) is 15.5. The number of nitrogens with two attached hydrogens (primary N) is 1. The Balaban J connectivity index is 2.03. The van der Waals surface area contributed by atoms with Crippen LogP contribution in [0.25, 0.3) is 0 Å². The lowest BCUT2D eigenvalue weighted by Crippen LogP contribution is -2.39. The van der Waals surface area contributed by atoms with Gasteiger partial charge in [0.2, 0.25) is 10.0 Å². The molecular formula is C16H26N2O2S. The van der Waals surface area contributed by atoms with Gasteiger partial charge in [0.05, 0.1) is 6.26 Å². The van der Waals surface area contributed by atoms with E-state index in [2.05, 4.69) is 31.2 Å². The lowest BCUT2D eigenvalue weighted by atomic mass is 9.85. The van der Waals surface area contributed by atoms with E-state index in [1.807, 2.05) is 0 Å². The minimum absolute atomic E-state index is 0.315. The average Bonchev–Trinajstić information content (AvgIpc) is 2.45. The first-order valence-corrected chi connectivity index (χ1v) is 9.46. The van der Waals surface area contributed by atoms with Gasteiger partial charge in [-0.25, -0.2) is 12.7 Å². The minimum atomic E-state index is -3.07. The van der Waals surface area contributed by atoms with E-state index in [9.17, 15) is 8.42 Å². The standard InChI is InChI=1S/C16H26N2O2S/c1-13-5-7-15(8-6-13)16(11-17)10-14-4-3-9-18(12-14)21(2,19)20/h5-8,14,16H,3-4,9-12,17H2,1-2H3. The fraction of sp³-hybridized carbons (Fsp3) is 0.625. The molecular weight excluding hydrogens is 284 g/mol. The molecule has 1 saturated heterocycles. The molecule has 0 aliphatic carbocycles. The summed E-state index contributed by atoms with van der Waals surface area (Å²) < 4.78 is 25.0. The van der Waals surface area contributed by atoms with Crippen molar-refractivity contribution in [1.29, 1.82) is 0 Å². The van der Waals surface area contributed by atoms with Crippen molar-refractivity contribution in [3.8, 4) is 0 Å². The van der Waals surface area contributed by atoms with Gasteiger partial charge in [0, 0.05) is 13.1 Å². The van der Waals surface area contributed by atoms with E-state index in [0.29, 0.717) is 31.5 Å². The Bertz CT molecular complexity index is 554. The van der Waals surface area contributed by atoms with E-state index in [4.69, 9.17) is 5.73 Å². The number of rotatable bonds is 5. The molecule has 1 fully saturated rings. The molecule has 2 N–H and O–H groups in total. The van der Waals surface area contributed by atoms with E-state index in [0.717, 1.165) is 19.3 Å². The molecule has 0 bridgehead atoms. The Morgan fingerprint density at radius 3 is 2.57 bits per heavy atom. The molecule has 1 heterocycles. The van der Waals surface area contributed by atoms with Crippen molar-refractivity contribution in [2.75, 3.05) is 25.9 Å². The molecule has 2 unspecified atom stereocenters. The third-order valence-corrected chi connectivity index (χ3v) is 5.67.